The normalized spacial score (nSPS) is 25.2. The Hall–Kier alpha value is -2.19. The summed E-state index contributed by atoms with van der Waals surface area (Å²) >= 11 is 1.66. The molecule has 0 bridgehead atoms. The van der Waals surface area contributed by atoms with Crippen molar-refractivity contribution in [3.63, 3.8) is 0 Å². The molecule has 0 aromatic heterocycles. The van der Waals surface area contributed by atoms with Gasteiger partial charge in [0.05, 0.1) is 11.0 Å². The molecule has 2 aromatic carbocycles. The highest BCUT2D eigenvalue weighted by molar-refractivity contribution is 8.00. The number of aliphatic hydroxyl groups is 1. The zero-order valence-corrected chi connectivity index (χ0v) is 20.6. The van der Waals surface area contributed by atoms with E-state index in [1.54, 1.807) is 18.7 Å². The minimum Gasteiger partial charge on any atom is -0.455 e. The molecular weight excluding hydrogens is 448 g/mol. The smallest absolute Gasteiger partial charge is 0.375 e. The second-order valence-corrected chi connectivity index (χ2v) is 10.7. The van der Waals surface area contributed by atoms with E-state index in [9.17, 15) is 14.7 Å². The fourth-order valence-electron chi connectivity index (χ4n) is 5.47. The molecule has 6 nitrogen and oxygen atoms in total. The van der Waals surface area contributed by atoms with Gasteiger partial charge in [0.2, 0.25) is 0 Å². The van der Waals surface area contributed by atoms with E-state index >= 15 is 0 Å². The average molecular weight is 483 g/mol. The summed E-state index contributed by atoms with van der Waals surface area (Å²) in [6, 6.07) is 19.2. The van der Waals surface area contributed by atoms with E-state index in [0.29, 0.717) is 19.5 Å². The van der Waals surface area contributed by atoms with Crippen LogP contribution < -0.4 is 10.6 Å². The Morgan fingerprint density at radius 3 is 2.35 bits per heavy atom. The summed E-state index contributed by atoms with van der Waals surface area (Å²) < 4.78 is 5.53. The number of hydrogen-bond donors (Lipinski definition) is 3. The number of Topliss-reactive ketones (excluding diaryl/α,β-unsaturated/α-hetero) is 1. The molecule has 3 N–H and O–H groups in total. The van der Waals surface area contributed by atoms with Crippen LogP contribution in [0.2, 0.25) is 0 Å². The lowest BCUT2D eigenvalue weighted by atomic mass is 9.60. The van der Waals surface area contributed by atoms with Crippen molar-refractivity contribution in [2.24, 2.45) is 5.41 Å². The minimum atomic E-state index is -1.41. The third-order valence-electron chi connectivity index (χ3n) is 7.23. The van der Waals surface area contributed by atoms with E-state index in [1.807, 2.05) is 67.6 Å². The van der Waals surface area contributed by atoms with Gasteiger partial charge in [0.25, 0.3) is 5.78 Å². The van der Waals surface area contributed by atoms with E-state index in [-0.39, 0.29) is 30.4 Å². The number of thioether (sulfide) groups is 1. The standard InChI is InChI=1S/C27H34N2O4S/c1-3-14-26(2,32)27(15-19-10-6-4-7-11-19,24-22-21(17-34-24)28-18-29-22)23(30)25(31)33-16-20-12-8-5-9-13-20/h4-13,21-22,24,28-29,32H,3,14-18H2,1-2H3/t21-,22-,24?,26?,27?/m1/s1. The molecule has 2 heterocycles. The fourth-order valence-corrected chi connectivity index (χ4v) is 7.43. The SMILES string of the molecule is CCCC(C)(O)C(Cc1ccccc1)(C(=O)C(=O)OCc1ccccc1)C1SC[C@H]2NCN[C@@H]12. The Balaban J connectivity index is 1.74. The van der Waals surface area contributed by atoms with Crippen LogP contribution in [0.3, 0.4) is 0 Å². The van der Waals surface area contributed by atoms with Crippen molar-refractivity contribution in [2.75, 3.05) is 12.4 Å². The van der Waals surface area contributed by atoms with Gasteiger partial charge >= 0.3 is 5.97 Å². The van der Waals surface area contributed by atoms with Gasteiger partial charge in [-0.15, -0.1) is 0 Å². The van der Waals surface area contributed by atoms with Crippen molar-refractivity contribution >= 4 is 23.5 Å². The first-order chi connectivity index (χ1) is 16.4. The van der Waals surface area contributed by atoms with Crippen molar-refractivity contribution < 1.29 is 19.4 Å². The maximum Gasteiger partial charge on any atom is 0.375 e. The molecule has 2 fully saturated rings. The molecule has 0 amide bonds. The van der Waals surface area contributed by atoms with Gasteiger partial charge in [-0.3, -0.25) is 15.4 Å². The Bertz CT molecular complexity index is 985. The lowest BCUT2D eigenvalue weighted by Gasteiger charge is -2.48. The number of esters is 1. The fraction of sp³-hybridized carbons (Fsp3) is 0.481. The van der Waals surface area contributed by atoms with Crippen LogP contribution in [0.4, 0.5) is 0 Å². The first kappa shape index (κ1) is 24.9. The molecule has 0 aliphatic carbocycles. The van der Waals surface area contributed by atoms with Gasteiger partial charge < -0.3 is 9.84 Å². The molecular formula is C27H34N2O4S. The molecule has 0 spiro atoms. The van der Waals surface area contributed by atoms with Gasteiger partial charge in [0.1, 0.15) is 6.61 Å². The molecule has 5 atom stereocenters. The van der Waals surface area contributed by atoms with E-state index < -0.39 is 22.8 Å². The quantitative estimate of drug-likeness (QED) is 0.354. The predicted molar refractivity (Wildman–Crippen MR) is 134 cm³/mol. The number of carbonyl (C=O) groups excluding carboxylic acids is 2. The number of ketones is 1. The summed E-state index contributed by atoms with van der Waals surface area (Å²) in [5.74, 6) is -0.711. The van der Waals surface area contributed by atoms with E-state index in [2.05, 4.69) is 10.6 Å². The van der Waals surface area contributed by atoms with Crippen LogP contribution in [0, 0.1) is 5.41 Å². The van der Waals surface area contributed by atoms with Crippen LogP contribution in [-0.4, -0.2) is 52.2 Å². The third-order valence-corrected chi connectivity index (χ3v) is 8.84. The highest BCUT2D eigenvalue weighted by atomic mass is 32.2. The Kier molecular flexibility index (Phi) is 7.77. The van der Waals surface area contributed by atoms with Gasteiger partial charge in [-0.2, -0.15) is 11.8 Å². The van der Waals surface area contributed by atoms with E-state index in [0.717, 1.165) is 16.9 Å². The van der Waals surface area contributed by atoms with Gasteiger partial charge in [0.15, 0.2) is 0 Å². The highest BCUT2D eigenvalue weighted by Crippen LogP contribution is 2.51. The van der Waals surface area contributed by atoms with Crippen LogP contribution in [-0.2, 0) is 27.4 Å². The largest absolute Gasteiger partial charge is 0.455 e. The Morgan fingerprint density at radius 1 is 1.06 bits per heavy atom. The molecule has 2 saturated heterocycles. The summed E-state index contributed by atoms with van der Waals surface area (Å²) in [6.45, 7) is 4.38. The van der Waals surface area contributed by atoms with Crippen LogP contribution in [0.25, 0.3) is 0 Å². The average Bonchev–Trinajstić information content (AvgIpc) is 3.46. The van der Waals surface area contributed by atoms with Crippen LogP contribution in [0.1, 0.15) is 37.8 Å². The Labute approximate surface area is 205 Å². The van der Waals surface area contributed by atoms with Crippen LogP contribution in [0.15, 0.2) is 60.7 Å². The number of ether oxygens (including phenoxy) is 1. The summed E-state index contributed by atoms with van der Waals surface area (Å²) in [5.41, 5.74) is -1.02. The van der Waals surface area contributed by atoms with Crippen molar-refractivity contribution in [1.82, 2.24) is 10.6 Å². The molecule has 0 saturated carbocycles. The van der Waals surface area contributed by atoms with Crippen LogP contribution >= 0.6 is 11.8 Å². The summed E-state index contributed by atoms with van der Waals surface area (Å²) in [7, 11) is 0. The topological polar surface area (TPSA) is 87.7 Å². The third kappa shape index (κ3) is 4.80. The van der Waals surface area contributed by atoms with Crippen LogP contribution in [0.5, 0.6) is 0 Å². The maximum atomic E-state index is 14.2. The lowest BCUT2D eigenvalue weighted by molar-refractivity contribution is -0.170. The summed E-state index contributed by atoms with van der Waals surface area (Å²) in [6.07, 6.45) is 1.36. The molecule has 2 aliphatic heterocycles. The lowest BCUT2D eigenvalue weighted by Crippen LogP contribution is -2.64. The van der Waals surface area contributed by atoms with Crippen molar-refractivity contribution in [2.45, 2.75) is 62.7 Å². The minimum absolute atomic E-state index is 0.0203. The molecule has 3 unspecified atom stereocenters. The summed E-state index contributed by atoms with van der Waals surface area (Å²) in [5, 5.41) is 18.6. The van der Waals surface area contributed by atoms with E-state index in [1.165, 1.54) is 0 Å². The predicted octanol–water partition coefficient (Wildman–Crippen LogP) is 3.08. The maximum absolute atomic E-state index is 14.2. The highest BCUT2D eigenvalue weighted by Gasteiger charge is 2.64. The van der Waals surface area contributed by atoms with E-state index in [4.69, 9.17) is 4.74 Å². The number of carbonyl (C=O) groups is 2. The Morgan fingerprint density at radius 2 is 1.71 bits per heavy atom. The first-order valence-electron chi connectivity index (χ1n) is 12.0. The second-order valence-electron chi connectivity index (χ2n) is 9.52. The molecule has 34 heavy (non-hydrogen) atoms. The molecule has 7 heteroatoms. The molecule has 0 radical (unpaired) electrons. The monoisotopic (exact) mass is 482 g/mol. The van der Waals surface area contributed by atoms with Crippen molar-refractivity contribution in [3.05, 3.63) is 71.8 Å². The first-order valence-corrected chi connectivity index (χ1v) is 13.0. The number of hydrogen-bond acceptors (Lipinski definition) is 7. The van der Waals surface area contributed by atoms with Crippen molar-refractivity contribution in [3.8, 4) is 0 Å². The van der Waals surface area contributed by atoms with Gasteiger partial charge in [-0.1, -0.05) is 74.0 Å². The number of nitrogens with one attached hydrogen (secondary N) is 2. The summed E-state index contributed by atoms with van der Waals surface area (Å²) in [4.78, 5) is 27.5. The molecule has 4 rings (SSSR count). The second kappa shape index (κ2) is 10.6. The van der Waals surface area contributed by atoms with Crippen molar-refractivity contribution in [1.29, 1.82) is 0 Å². The zero-order valence-electron chi connectivity index (χ0n) is 19.8. The number of rotatable bonds is 10. The van der Waals surface area contributed by atoms with Gasteiger partial charge in [0, 0.05) is 29.8 Å². The molecule has 182 valence electrons. The number of benzene rings is 2. The zero-order chi connectivity index (χ0) is 24.2. The van der Waals surface area contributed by atoms with Gasteiger partial charge in [-0.25, -0.2) is 4.79 Å². The number of fused-ring (bicyclic) bond motifs is 1. The van der Waals surface area contributed by atoms with Gasteiger partial charge in [-0.05, 0) is 30.9 Å². The molecule has 2 aliphatic rings. The molecule has 2 aromatic rings.